The van der Waals surface area contributed by atoms with Crippen LogP contribution in [0, 0.1) is 0 Å². The lowest BCUT2D eigenvalue weighted by Gasteiger charge is -2.16. The van der Waals surface area contributed by atoms with E-state index in [0.29, 0.717) is 5.56 Å². The van der Waals surface area contributed by atoms with Crippen LogP contribution >= 0.6 is 0 Å². The summed E-state index contributed by atoms with van der Waals surface area (Å²) < 4.78 is 48.6. The second-order valence-corrected chi connectivity index (χ2v) is 4.88. The topological polar surface area (TPSA) is 18.5 Å². The Kier molecular flexibility index (Phi) is 3.18. The van der Waals surface area contributed by atoms with E-state index >= 15 is 0 Å². The average molecular weight is 282 g/mol. The van der Waals surface area contributed by atoms with Gasteiger partial charge in [0.05, 0.1) is 6.10 Å². The predicted molar refractivity (Wildman–Crippen MR) is 68.2 cm³/mol. The van der Waals surface area contributed by atoms with Crippen LogP contribution in [0.1, 0.15) is 18.8 Å². The monoisotopic (exact) mass is 282 g/mol. The molecule has 0 N–H and O–H groups in total. The summed E-state index contributed by atoms with van der Waals surface area (Å²) >= 11 is 0. The van der Waals surface area contributed by atoms with Crippen molar-refractivity contribution in [2.45, 2.75) is 31.6 Å². The van der Waals surface area contributed by atoms with E-state index in [1.807, 2.05) is 30.3 Å². The highest BCUT2D eigenvalue weighted by molar-refractivity contribution is 5.83. The van der Waals surface area contributed by atoms with E-state index in [-0.39, 0.29) is 0 Å². The van der Waals surface area contributed by atoms with Crippen LogP contribution in [0.4, 0.5) is 13.2 Å². The minimum atomic E-state index is -4.41. The zero-order valence-electron chi connectivity index (χ0n) is 10.7. The third-order valence-corrected chi connectivity index (χ3v) is 3.40. The second kappa shape index (κ2) is 4.75. The molecule has 0 aliphatic carbocycles. The van der Waals surface area contributed by atoms with E-state index in [2.05, 4.69) is 0 Å². The molecule has 0 saturated carbocycles. The number of hydrogen-bond donors (Lipinski definition) is 0. The van der Waals surface area contributed by atoms with Crippen molar-refractivity contribution in [2.24, 2.45) is 0 Å². The Morgan fingerprint density at radius 3 is 2.30 bits per heavy atom. The molecule has 0 radical (unpaired) electrons. The molecule has 20 heavy (non-hydrogen) atoms. The number of rotatable bonds is 1. The van der Waals surface area contributed by atoms with Crippen molar-refractivity contribution in [3.8, 4) is 0 Å². The molecule has 0 spiro atoms. The minimum absolute atomic E-state index is 0.599. The highest BCUT2D eigenvalue weighted by Gasteiger charge is 2.51. The molecule has 1 aliphatic rings. The first kappa shape index (κ1) is 13.4. The van der Waals surface area contributed by atoms with Crippen molar-refractivity contribution >= 4 is 10.8 Å². The first-order chi connectivity index (χ1) is 9.45. The zero-order chi connectivity index (χ0) is 14.3. The summed E-state index contributed by atoms with van der Waals surface area (Å²) in [5.41, 5.74) is 0.599. The van der Waals surface area contributed by atoms with Crippen LogP contribution in [0.25, 0.3) is 10.8 Å². The van der Waals surface area contributed by atoms with Gasteiger partial charge in [0, 0.05) is 5.56 Å². The number of fused-ring (bicyclic) bond motifs is 1. The molecular weight excluding hydrogens is 269 g/mol. The van der Waals surface area contributed by atoms with Gasteiger partial charge in [-0.05, 0) is 23.8 Å². The van der Waals surface area contributed by atoms with Gasteiger partial charge in [0.25, 0.3) is 0 Å². The summed E-state index contributed by atoms with van der Waals surface area (Å²) in [6, 6.07) is 13.0. The molecule has 1 heterocycles. The minimum Gasteiger partial charge on any atom is -0.342 e. The largest absolute Gasteiger partial charge is 0.417 e. The molecule has 2 nitrogen and oxygen atoms in total. The van der Waals surface area contributed by atoms with Crippen molar-refractivity contribution < 1.29 is 22.6 Å². The van der Waals surface area contributed by atoms with Crippen LogP contribution in [-0.4, -0.2) is 18.4 Å². The smallest absolute Gasteiger partial charge is 0.342 e. The molecule has 106 valence electrons. The van der Waals surface area contributed by atoms with Gasteiger partial charge in [-0.25, -0.2) is 0 Å². The Labute approximate surface area is 114 Å². The molecule has 0 bridgehead atoms. The Hall–Kier alpha value is -1.59. The van der Waals surface area contributed by atoms with E-state index < -0.39 is 24.7 Å². The number of hydrogen-bond acceptors (Lipinski definition) is 2. The van der Waals surface area contributed by atoms with Gasteiger partial charge in [0.1, 0.15) is 0 Å². The van der Waals surface area contributed by atoms with Crippen LogP contribution in [0.5, 0.6) is 0 Å². The van der Waals surface area contributed by atoms with Gasteiger partial charge in [-0.15, -0.1) is 0 Å². The fourth-order valence-corrected chi connectivity index (χ4v) is 2.40. The van der Waals surface area contributed by atoms with Gasteiger partial charge in [-0.2, -0.15) is 13.2 Å². The van der Waals surface area contributed by atoms with Gasteiger partial charge in [-0.3, -0.25) is 0 Å². The lowest BCUT2D eigenvalue weighted by Crippen LogP contribution is -2.35. The Morgan fingerprint density at radius 2 is 1.65 bits per heavy atom. The van der Waals surface area contributed by atoms with Gasteiger partial charge in [0.15, 0.2) is 12.4 Å². The summed E-state index contributed by atoms with van der Waals surface area (Å²) in [4.78, 5) is 0. The van der Waals surface area contributed by atoms with Crippen molar-refractivity contribution in [3.63, 3.8) is 0 Å². The van der Waals surface area contributed by atoms with Crippen molar-refractivity contribution in [1.82, 2.24) is 0 Å². The fraction of sp³-hybridized carbons (Fsp3) is 0.333. The molecule has 0 unspecified atom stereocenters. The second-order valence-electron chi connectivity index (χ2n) is 4.88. The maximum Gasteiger partial charge on any atom is 0.417 e. The van der Waals surface area contributed by atoms with Gasteiger partial charge in [-0.1, -0.05) is 36.4 Å². The summed E-state index contributed by atoms with van der Waals surface area (Å²) in [6.07, 6.45) is -8.27. The van der Waals surface area contributed by atoms with Crippen LogP contribution in [-0.2, 0) is 9.47 Å². The van der Waals surface area contributed by atoms with Gasteiger partial charge in [0.2, 0.25) is 0 Å². The molecule has 2 aromatic rings. The molecule has 3 rings (SSSR count). The quantitative estimate of drug-likeness (QED) is 0.780. The maximum atomic E-state index is 12.7. The normalized spacial score (nSPS) is 27.1. The lowest BCUT2D eigenvalue weighted by molar-refractivity contribution is -0.218. The number of ether oxygens (including phenoxy) is 2. The zero-order valence-corrected chi connectivity index (χ0v) is 10.7. The third kappa shape index (κ3) is 2.39. The summed E-state index contributed by atoms with van der Waals surface area (Å²) in [5, 5.41) is 1.97. The first-order valence-electron chi connectivity index (χ1n) is 6.31. The Bertz CT molecular complexity index is 624. The molecule has 1 fully saturated rings. The molecule has 0 amide bonds. The van der Waals surface area contributed by atoms with Crippen molar-refractivity contribution in [3.05, 3.63) is 48.0 Å². The molecular formula is C15H13F3O2. The van der Waals surface area contributed by atoms with Crippen LogP contribution in [0.3, 0.4) is 0 Å². The first-order valence-corrected chi connectivity index (χ1v) is 6.31. The van der Waals surface area contributed by atoms with Crippen LogP contribution < -0.4 is 0 Å². The fourth-order valence-electron chi connectivity index (χ4n) is 2.40. The van der Waals surface area contributed by atoms with E-state index in [1.54, 1.807) is 12.1 Å². The predicted octanol–water partition coefficient (Wildman–Crippen LogP) is 4.20. The molecule has 0 aromatic heterocycles. The highest BCUT2D eigenvalue weighted by Crippen LogP contribution is 2.39. The highest BCUT2D eigenvalue weighted by atomic mass is 19.4. The van der Waals surface area contributed by atoms with E-state index in [9.17, 15) is 13.2 Å². The maximum absolute atomic E-state index is 12.7. The number of alkyl halides is 3. The summed E-state index contributed by atoms with van der Waals surface area (Å²) in [5.74, 6) is 0. The van der Waals surface area contributed by atoms with Crippen molar-refractivity contribution in [1.29, 1.82) is 0 Å². The van der Waals surface area contributed by atoms with Crippen molar-refractivity contribution in [2.75, 3.05) is 0 Å². The Balaban J connectivity index is 1.89. The number of benzene rings is 2. The van der Waals surface area contributed by atoms with Crippen LogP contribution in [0.15, 0.2) is 42.5 Å². The molecule has 1 saturated heterocycles. The Morgan fingerprint density at radius 1 is 0.950 bits per heavy atom. The molecule has 1 aliphatic heterocycles. The molecule has 2 aromatic carbocycles. The van der Waals surface area contributed by atoms with E-state index in [0.717, 1.165) is 10.8 Å². The van der Waals surface area contributed by atoms with Gasteiger partial charge < -0.3 is 9.47 Å². The van der Waals surface area contributed by atoms with Crippen LogP contribution in [0.2, 0.25) is 0 Å². The summed E-state index contributed by atoms with van der Waals surface area (Å²) in [6.45, 7) is 1.37. The summed E-state index contributed by atoms with van der Waals surface area (Å²) in [7, 11) is 0. The molecule has 5 heteroatoms. The third-order valence-electron chi connectivity index (χ3n) is 3.40. The van der Waals surface area contributed by atoms with E-state index in [4.69, 9.17) is 9.47 Å². The standard InChI is InChI=1S/C15H13F3O2/c1-9-13(15(16,17)18)20-14(19-9)12-7-6-10-4-2-3-5-11(10)8-12/h2-9,13-14H,1H3/t9-,13-,14+/m0/s1. The van der Waals surface area contributed by atoms with Gasteiger partial charge >= 0.3 is 6.18 Å². The van der Waals surface area contributed by atoms with E-state index in [1.165, 1.54) is 6.92 Å². The molecule has 3 atom stereocenters. The number of halogens is 3. The lowest BCUT2D eigenvalue weighted by atomic mass is 10.1. The SMILES string of the molecule is C[C@@H]1O[C@@H](c2ccc3ccccc3c2)O[C@@H]1C(F)(F)F. The average Bonchev–Trinajstić information content (AvgIpc) is 2.80.